The molecule has 3 heterocycles. The summed E-state index contributed by atoms with van der Waals surface area (Å²) < 4.78 is 32.6. The predicted octanol–water partition coefficient (Wildman–Crippen LogP) is 1.43. The van der Waals surface area contributed by atoms with Gasteiger partial charge in [-0.25, -0.2) is 13.4 Å². The van der Waals surface area contributed by atoms with Crippen molar-refractivity contribution in [2.24, 2.45) is 4.40 Å². The summed E-state index contributed by atoms with van der Waals surface area (Å²) in [6.07, 6.45) is 7.22. The maximum absolute atomic E-state index is 11.7. The summed E-state index contributed by atoms with van der Waals surface area (Å²) in [6, 6.07) is 3.62. The van der Waals surface area contributed by atoms with Gasteiger partial charge in [0, 0.05) is 36.1 Å². The van der Waals surface area contributed by atoms with E-state index in [2.05, 4.69) is 9.38 Å². The first kappa shape index (κ1) is 13.8. The van der Waals surface area contributed by atoms with Crippen molar-refractivity contribution in [1.29, 1.82) is 0 Å². The quantitative estimate of drug-likeness (QED) is 0.845. The Morgan fingerprint density at radius 1 is 1.38 bits per heavy atom. The van der Waals surface area contributed by atoms with E-state index in [0.29, 0.717) is 24.9 Å². The van der Waals surface area contributed by atoms with Crippen LogP contribution in [-0.2, 0) is 10.0 Å². The van der Waals surface area contributed by atoms with Crippen LogP contribution in [0, 0.1) is 0 Å². The first-order valence-electron chi connectivity index (χ1n) is 6.66. The SMILES string of the molecule is CCOc1ccc(C2=CC=CN3CCS(=O)(=O)N=C23)cn1. The van der Waals surface area contributed by atoms with Crippen molar-refractivity contribution in [2.75, 3.05) is 18.9 Å². The van der Waals surface area contributed by atoms with Crippen LogP contribution in [0.2, 0.25) is 0 Å². The average molecular weight is 305 g/mol. The fourth-order valence-corrected chi connectivity index (χ4v) is 3.20. The maximum Gasteiger partial charge on any atom is 0.256 e. The number of amidine groups is 1. The lowest BCUT2D eigenvalue weighted by Gasteiger charge is -2.29. The molecule has 7 heteroatoms. The molecular weight excluding hydrogens is 290 g/mol. The van der Waals surface area contributed by atoms with E-state index in [1.54, 1.807) is 12.3 Å². The normalized spacial score (nSPS) is 19.6. The van der Waals surface area contributed by atoms with Crippen LogP contribution < -0.4 is 4.74 Å². The van der Waals surface area contributed by atoms with Crippen LogP contribution in [0.3, 0.4) is 0 Å². The molecule has 2 aliphatic heterocycles. The standard InChI is InChI=1S/C14H15N3O3S/c1-2-20-13-6-5-11(10-15-13)12-4-3-7-17-8-9-21(18,19)16-14(12)17/h3-7,10H,2,8-9H2,1H3. The van der Waals surface area contributed by atoms with E-state index >= 15 is 0 Å². The van der Waals surface area contributed by atoms with Gasteiger partial charge >= 0.3 is 0 Å². The summed E-state index contributed by atoms with van der Waals surface area (Å²) in [6.45, 7) is 2.86. The molecule has 0 unspecified atom stereocenters. The van der Waals surface area contributed by atoms with Gasteiger partial charge in [0.15, 0.2) is 5.84 Å². The molecule has 6 nitrogen and oxygen atoms in total. The average Bonchev–Trinajstić information content (AvgIpc) is 2.47. The molecule has 2 aliphatic rings. The van der Waals surface area contributed by atoms with Gasteiger partial charge in [0.2, 0.25) is 5.88 Å². The lowest BCUT2D eigenvalue weighted by molar-refractivity contribution is 0.327. The summed E-state index contributed by atoms with van der Waals surface area (Å²) in [5.74, 6) is 1.04. The van der Waals surface area contributed by atoms with Gasteiger partial charge in [-0.05, 0) is 25.1 Å². The number of ether oxygens (including phenoxy) is 1. The third kappa shape index (κ3) is 2.82. The van der Waals surface area contributed by atoms with Crippen molar-refractivity contribution in [3.63, 3.8) is 0 Å². The topological polar surface area (TPSA) is 71.9 Å². The first-order chi connectivity index (χ1) is 10.1. The third-order valence-electron chi connectivity index (χ3n) is 3.20. The number of aromatic nitrogens is 1. The Balaban J connectivity index is 1.98. The van der Waals surface area contributed by atoms with Crippen molar-refractivity contribution in [1.82, 2.24) is 9.88 Å². The Bertz CT molecular complexity index is 733. The van der Waals surface area contributed by atoms with Gasteiger partial charge in [-0.15, -0.1) is 4.40 Å². The van der Waals surface area contributed by atoms with Gasteiger partial charge in [0.25, 0.3) is 10.0 Å². The lowest BCUT2D eigenvalue weighted by Crippen LogP contribution is -2.37. The van der Waals surface area contributed by atoms with E-state index in [9.17, 15) is 8.42 Å². The fraction of sp³-hybridized carbons (Fsp3) is 0.286. The number of rotatable bonds is 3. The van der Waals surface area contributed by atoms with E-state index in [-0.39, 0.29) is 5.75 Å². The van der Waals surface area contributed by atoms with Crippen molar-refractivity contribution in [3.8, 4) is 5.88 Å². The molecule has 0 N–H and O–H groups in total. The second-order valence-corrected chi connectivity index (χ2v) is 6.39. The minimum Gasteiger partial charge on any atom is -0.478 e. The van der Waals surface area contributed by atoms with Crippen LogP contribution in [0.25, 0.3) is 5.57 Å². The van der Waals surface area contributed by atoms with Crippen LogP contribution in [0.4, 0.5) is 0 Å². The molecule has 0 fully saturated rings. The molecule has 21 heavy (non-hydrogen) atoms. The predicted molar refractivity (Wildman–Crippen MR) is 80.5 cm³/mol. The van der Waals surface area contributed by atoms with Gasteiger partial charge in [-0.2, -0.15) is 0 Å². The molecule has 0 saturated heterocycles. The molecule has 0 amide bonds. The van der Waals surface area contributed by atoms with Gasteiger partial charge < -0.3 is 9.64 Å². The molecule has 0 radical (unpaired) electrons. The van der Waals surface area contributed by atoms with Crippen LogP contribution in [0.1, 0.15) is 12.5 Å². The van der Waals surface area contributed by atoms with Crippen LogP contribution in [-0.4, -0.2) is 43.0 Å². The second kappa shape index (κ2) is 5.33. The number of sulfonamides is 1. The molecule has 0 aromatic carbocycles. The van der Waals surface area contributed by atoms with E-state index in [1.807, 2.05) is 36.2 Å². The van der Waals surface area contributed by atoms with E-state index < -0.39 is 10.0 Å². The molecule has 0 bridgehead atoms. The Morgan fingerprint density at radius 2 is 2.24 bits per heavy atom. The summed E-state index contributed by atoms with van der Waals surface area (Å²) in [7, 11) is -3.38. The highest BCUT2D eigenvalue weighted by molar-refractivity contribution is 7.90. The fourth-order valence-electron chi connectivity index (χ4n) is 2.21. The molecular formula is C14H15N3O3S. The van der Waals surface area contributed by atoms with Gasteiger partial charge in [-0.3, -0.25) is 0 Å². The molecule has 3 rings (SSSR count). The van der Waals surface area contributed by atoms with Gasteiger partial charge in [0.05, 0.1) is 12.4 Å². The monoisotopic (exact) mass is 305 g/mol. The summed E-state index contributed by atoms with van der Waals surface area (Å²) in [5.41, 5.74) is 1.56. The zero-order valence-electron chi connectivity index (χ0n) is 11.6. The second-order valence-electron chi connectivity index (χ2n) is 4.63. The number of pyridine rings is 1. The highest BCUT2D eigenvalue weighted by atomic mass is 32.2. The summed E-state index contributed by atoms with van der Waals surface area (Å²) in [5, 5.41) is 0. The largest absolute Gasteiger partial charge is 0.478 e. The summed E-state index contributed by atoms with van der Waals surface area (Å²) >= 11 is 0. The molecule has 0 aliphatic carbocycles. The van der Waals surface area contributed by atoms with E-state index in [1.165, 1.54) is 0 Å². The minimum atomic E-state index is -3.38. The number of hydrogen-bond acceptors (Lipinski definition) is 5. The molecule has 1 aromatic rings. The molecule has 1 aromatic heterocycles. The first-order valence-corrected chi connectivity index (χ1v) is 8.27. The lowest BCUT2D eigenvalue weighted by atomic mass is 10.0. The number of fused-ring (bicyclic) bond motifs is 1. The van der Waals surface area contributed by atoms with Crippen molar-refractivity contribution in [2.45, 2.75) is 6.92 Å². The Labute approximate surface area is 123 Å². The molecule has 0 spiro atoms. The van der Waals surface area contributed by atoms with Crippen LogP contribution in [0.15, 0.2) is 41.1 Å². The smallest absolute Gasteiger partial charge is 0.256 e. The minimum absolute atomic E-state index is 0.0373. The molecule has 0 saturated carbocycles. The van der Waals surface area contributed by atoms with Crippen molar-refractivity contribution in [3.05, 3.63) is 42.2 Å². The van der Waals surface area contributed by atoms with Gasteiger partial charge in [-0.1, -0.05) is 0 Å². The zero-order valence-corrected chi connectivity index (χ0v) is 12.4. The molecule has 0 atom stereocenters. The highest BCUT2D eigenvalue weighted by Gasteiger charge is 2.27. The Morgan fingerprint density at radius 3 is 2.95 bits per heavy atom. The highest BCUT2D eigenvalue weighted by Crippen LogP contribution is 2.25. The van der Waals surface area contributed by atoms with Crippen LogP contribution in [0.5, 0.6) is 5.88 Å². The molecule has 110 valence electrons. The number of hydrogen-bond donors (Lipinski definition) is 0. The van der Waals surface area contributed by atoms with E-state index in [0.717, 1.165) is 11.1 Å². The Kier molecular flexibility index (Phi) is 3.50. The van der Waals surface area contributed by atoms with Gasteiger partial charge in [0.1, 0.15) is 0 Å². The van der Waals surface area contributed by atoms with Crippen molar-refractivity contribution < 1.29 is 13.2 Å². The maximum atomic E-state index is 11.7. The van der Waals surface area contributed by atoms with Crippen molar-refractivity contribution >= 4 is 21.4 Å². The van der Waals surface area contributed by atoms with E-state index in [4.69, 9.17) is 4.74 Å². The zero-order chi connectivity index (χ0) is 14.9. The summed E-state index contributed by atoms with van der Waals surface area (Å²) in [4.78, 5) is 6.05. The number of allylic oxidation sites excluding steroid dienone is 2. The Hall–Kier alpha value is -2.15. The van der Waals surface area contributed by atoms with Crippen LogP contribution >= 0.6 is 0 Å². The number of nitrogens with zero attached hydrogens (tertiary/aromatic N) is 3. The third-order valence-corrected chi connectivity index (χ3v) is 4.35.